The molecule has 0 aliphatic carbocycles. The molecule has 1 N–H and O–H groups in total. The van der Waals surface area contributed by atoms with Gasteiger partial charge in [0.1, 0.15) is 5.75 Å². The Labute approximate surface area is 157 Å². The Morgan fingerprint density at radius 2 is 2.04 bits per heavy atom. The van der Waals surface area contributed by atoms with Gasteiger partial charge in [-0.25, -0.2) is 0 Å². The molecule has 1 aliphatic rings. The molecule has 2 aromatic carbocycles. The Morgan fingerprint density at radius 1 is 1.26 bits per heavy atom. The molecular weight excluding hydrogens is 346 g/mol. The molecule has 2 aromatic rings. The SMILES string of the molecule is COc1cc([N+](=O)[O-])ccc1NC(=O)CN1CC=C(c2ccccc2)CC1. The van der Waals surface area contributed by atoms with E-state index < -0.39 is 4.92 Å². The van der Waals surface area contributed by atoms with Crippen LogP contribution in [-0.4, -0.2) is 42.5 Å². The Bertz CT molecular complexity index is 865. The molecule has 27 heavy (non-hydrogen) atoms. The molecule has 3 rings (SSSR count). The molecule has 0 atom stereocenters. The minimum Gasteiger partial charge on any atom is -0.494 e. The van der Waals surface area contributed by atoms with Crippen molar-refractivity contribution in [2.24, 2.45) is 0 Å². The second-order valence-electron chi connectivity index (χ2n) is 6.27. The van der Waals surface area contributed by atoms with Gasteiger partial charge in [0.2, 0.25) is 5.91 Å². The van der Waals surface area contributed by atoms with Crippen LogP contribution in [0.4, 0.5) is 11.4 Å². The lowest BCUT2D eigenvalue weighted by molar-refractivity contribution is -0.384. The number of anilines is 1. The van der Waals surface area contributed by atoms with Crippen LogP contribution in [0, 0.1) is 10.1 Å². The first kappa shape index (κ1) is 18.6. The fourth-order valence-electron chi connectivity index (χ4n) is 3.06. The Balaban J connectivity index is 1.59. The number of methoxy groups -OCH3 is 1. The number of hydrogen-bond acceptors (Lipinski definition) is 5. The van der Waals surface area contributed by atoms with Crippen LogP contribution in [0.1, 0.15) is 12.0 Å². The van der Waals surface area contributed by atoms with E-state index in [1.54, 1.807) is 0 Å². The van der Waals surface area contributed by atoms with Crippen molar-refractivity contribution in [2.45, 2.75) is 6.42 Å². The minimum atomic E-state index is -0.501. The number of nitrogens with zero attached hydrogens (tertiary/aromatic N) is 2. The Hall–Kier alpha value is -3.19. The Kier molecular flexibility index (Phi) is 5.83. The number of nitrogens with one attached hydrogen (secondary N) is 1. The van der Waals surface area contributed by atoms with E-state index in [9.17, 15) is 14.9 Å². The van der Waals surface area contributed by atoms with Crippen LogP contribution < -0.4 is 10.1 Å². The maximum atomic E-state index is 12.4. The van der Waals surface area contributed by atoms with E-state index in [-0.39, 0.29) is 23.9 Å². The van der Waals surface area contributed by atoms with Crippen molar-refractivity contribution >= 4 is 22.9 Å². The van der Waals surface area contributed by atoms with Crippen molar-refractivity contribution in [3.8, 4) is 5.75 Å². The maximum absolute atomic E-state index is 12.4. The lowest BCUT2D eigenvalue weighted by Gasteiger charge is -2.26. The van der Waals surface area contributed by atoms with Gasteiger partial charge < -0.3 is 10.1 Å². The fraction of sp³-hybridized carbons (Fsp3) is 0.250. The second-order valence-corrected chi connectivity index (χ2v) is 6.27. The summed E-state index contributed by atoms with van der Waals surface area (Å²) in [7, 11) is 1.41. The predicted octanol–water partition coefficient (Wildman–Crippen LogP) is 3.33. The van der Waals surface area contributed by atoms with Gasteiger partial charge in [0, 0.05) is 19.2 Å². The number of ether oxygens (including phenoxy) is 1. The molecule has 0 radical (unpaired) electrons. The first-order valence-corrected chi connectivity index (χ1v) is 8.66. The topological polar surface area (TPSA) is 84.7 Å². The molecule has 0 aromatic heterocycles. The average Bonchev–Trinajstić information content (AvgIpc) is 2.69. The van der Waals surface area contributed by atoms with E-state index in [1.165, 1.54) is 36.4 Å². The maximum Gasteiger partial charge on any atom is 0.273 e. The summed E-state index contributed by atoms with van der Waals surface area (Å²) in [6, 6.07) is 14.3. The lowest BCUT2D eigenvalue weighted by atomic mass is 10.00. The van der Waals surface area contributed by atoms with Gasteiger partial charge in [-0.15, -0.1) is 0 Å². The van der Waals surface area contributed by atoms with Gasteiger partial charge in [-0.05, 0) is 23.6 Å². The monoisotopic (exact) mass is 367 g/mol. The molecule has 0 saturated carbocycles. The molecule has 7 heteroatoms. The van der Waals surface area contributed by atoms with Crippen LogP contribution in [0.15, 0.2) is 54.6 Å². The Morgan fingerprint density at radius 3 is 2.67 bits per heavy atom. The molecular formula is C20H21N3O4. The van der Waals surface area contributed by atoms with Gasteiger partial charge in [0.15, 0.2) is 0 Å². The number of hydrogen-bond donors (Lipinski definition) is 1. The third kappa shape index (κ3) is 4.71. The molecule has 0 spiro atoms. The highest BCUT2D eigenvalue weighted by Crippen LogP contribution is 2.29. The molecule has 1 aliphatic heterocycles. The van der Waals surface area contributed by atoms with E-state index in [0.29, 0.717) is 12.2 Å². The highest BCUT2D eigenvalue weighted by Gasteiger charge is 2.18. The van der Waals surface area contributed by atoms with Crippen molar-refractivity contribution in [1.29, 1.82) is 0 Å². The van der Waals surface area contributed by atoms with E-state index in [1.807, 2.05) is 18.2 Å². The summed E-state index contributed by atoms with van der Waals surface area (Å²) in [5, 5.41) is 13.6. The number of carbonyl (C=O) groups excluding carboxylic acids is 1. The lowest BCUT2D eigenvalue weighted by Crippen LogP contribution is -2.36. The highest BCUT2D eigenvalue weighted by molar-refractivity contribution is 5.94. The highest BCUT2D eigenvalue weighted by atomic mass is 16.6. The summed E-state index contributed by atoms with van der Waals surface area (Å²) in [5.41, 5.74) is 2.85. The van der Waals surface area contributed by atoms with Crippen molar-refractivity contribution < 1.29 is 14.5 Å². The molecule has 0 fully saturated rings. The van der Waals surface area contributed by atoms with E-state index in [0.717, 1.165) is 13.0 Å². The number of rotatable bonds is 6. The average molecular weight is 367 g/mol. The first-order valence-electron chi connectivity index (χ1n) is 8.66. The number of carbonyl (C=O) groups is 1. The normalized spacial score (nSPS) is 14.3. The quantitative estimate of drug-likeness (QED) is 0.625. The van der Waals surface area contributed by atoms with Gasteiger partial charge in [-0.3, -0.25) is 19.8 Å². The number of benzene rings is 2. The summed E-state index contributed by atoms with van der Waals surface area (Å²) < 4.78 is 5.15. The predicted molar refractivity (Wildman–Crippen MR) is 104 cm³/mol. The summed E-state index contributed by atoms with van der Waals surface area (Å²) >= 11 is 0. The zero-order chi connectivity index (χ0) is 19.2. The summed E-state index contributed by atoms with van der Waals surface area (Å²) in [5.74, 6) is 0.0844. The summed E-state index contributed by atoms with van der Waals surface area (Å²) in [6.45, 7) is 1.75. The van der Waals surface area contributed by atoms with Crippen LogP contribution >= 0.6 is 0 Å². The van der Waals surface area contributed by atoms with E-state index >= 15 is 0 Å². The molecule has 1 heterocycles. The third-order valence-corrected chi connectivity index (χ3v) is 4.48. The van der Waals surface area contributed by atoms with Crippen LogP contribution in [0.2, 0.25) is 0 Å². The van der Waals surface area contributed by atoms with Crippen molar-refractivity contribution in [3.05, 3.63) is 70.3 Å². The summed E-state index contributed by atoms with van der Waals surface area (Å²) in [4.78, 5) is 24.8. The number of nitro benzene ring substituents is 1. The van der Waals surface area contributed by atoms with Crippen LogP contribution in [0.5, 0.6) is 5.75 Å². The van der Waals surface area contributed by atoms with Gasteiger partial charge in [-0.2, -0.15) is 0 Å². The van der Waals surface area contributed by atoms with Crippen molar-refractivity contribution in [2.75, 3.05) is 32.1 Å². The van der Waals surface area contributed by atoms with Gasteiger partial charge in [0.25, 0.3) is 5.69 Å². The fourth-order valence-corrected chi connectivity index (χ4v) is 3.06. The largest absolute Gasteiger partial charge is 0.494 e. The number of amides is 1. The number of nitro groups is 1. The molecule has 7 nitrogen and oxygen atoms in total. The molecule has 0 unspecified atom stereocenters. The van der Waals surface area contributed by atoms with E-state index in [2.05, 4.69) is 28.4 Å². The van der Waals surface area contributed by atoms with Crippen LogP contribution in [0.25, 0.3) is 5.57 Å². The van der Waals surface area contributed by atoms with Crippen molar-refractivity contribution in [1.82, 2.24) is 4.90 Å². The smallest absolute Gasteiger partial charge is 0.273 e. The van der Waals surface area contributed by atoms with E-state index in [4.69, 9.17) is 4.74 Å². The zero-order valence-corrected chi connectivity index (χ0v) is 15.1. The van der Waals surface area contributed by atoms with Crippen LogP contribution in [0.3, 0.4) is 0 Å². The summed E-state index contributed by atoms with van der Waals surface area (Å²) in [6.07, 6.45) is 3.04. The third-order valence-electron chi connectivity index (χ3n) is 4.48. The van der Waals surface area contributed by atoms with Crippen molar-refractivity contribution in [3.63, 3.8) is 0 Å². The standard InChI is InChI=1S/C20H21N3O4/c1-27-19-13-17(23(25)26)7-8-18(19)21-20(24)14-22-11-9-16(10-12-22)15-5-3-2-4-6-15/h2-9,13H,10-12,14H2,1H3,(H,21,24). The zero-order valence-electron chi connectivity index (χ0n) is 15.1. The second kappa shape index (κ2) is 8.46. The van der Waals surface area contributed by atoms with Gasteiger partial charge in [-0.1, -0.05) is 36.4 Å². The van der Waals surface area contributed by atoms with Gasteiger partial charge in [0.05, 0.1) is 30.3 Å². The number of non-ortho nitro benzene ring substituents is 1. The minimum absolute atomic E-state index is 0.0838. The molecule has 0 saturated heterocycles. The first-order chi connectivity index (χ1) is 13.1. The molecule has 140 valence electrons. The molecule has 1 amide bonds. The molecule has 0 bridgehead atoms. The van der Waals surface area contributed by atoms with Gasteiger partial charge >= 0.3 is 0 Å². The van der Waals surface area contributed by atoms with Crippen LogP contribution in [-0.2, 0) is 4.79 Å².